The van der Waals surface area contributed by atoms with Crippen LogP contribution in [0.1, 0.15) is 28.5 Å². The van der Waals surface area contributed by atoms with E-state index in [1.807, 2.05) is 0 Å². The number of nitrogens with one attached hydrogen (secondary N) is 1. The molecule has 0 saturated heterocycles. The Hall–Kier alpha value is -3.71. The molecule has 0 unspecified atom stereocenters. The van der Waals surface area contributed by atoms with Crippen molar-refractivity contribution in [2.24, 2.45) is 0 Å². The van der Waals surface area contributed by atoms with Gasteiger partial charge in [-0.05, 0) is 25.1 Å². The molecule has 13 heteroatoms. The van der Waals surface area contributed by atoms with Gasteiger partial charge in [0, 0.05) is 22.6 Å². The van der Waals surface area contributed by atoms with E-state index in [2.05, 4.69) is 20.4 Å². The Morgan fingerprint density at radius 1 is 1.17 bits per heavy atom. The summed E-state index contributed by atoms with van der Waals surface area (Å²) in [5.74, 6) is -2.57. The van der Waals surface area contributed by atoms with Crippen molar-refractivity contribution >= 4 is 17.2 Å². The number of alkyl halides is 3. The molecule has 0 spiro atoms. The number of nitrogens with zero attached hydrogens (tertiary/aromatic N) is 4. The van der Waals surface area contributed by atoms with E-state index in [1.165, 1.54) is 41.8 Å². The maximum Gasteiger partial charge on any atom is 0.416 e. The molecular weight excluding hydrogens is 505 g/mol. The Kier molecular flexibility index (Phi) is 6.87. The Morgan fingerprint density at radius 3 is 2.50 bits per heavy atom. The van der Waals surface area contributed by atoms with Crippen LogP contribution in [0.15, 0.2) is 60.5 Å². The van der Waals surface area contributed by atoms with E-state index in [4.69, 9.17) is 0 Å². The van der Waals surface area contributed by atoms with Gasteiger partial charge in [0.15, 0.2) is 0 Å². The van der Waals surface area contributed by atoms with Gasteiger partial charge in [0.1, 0.15) is 40.6 Å². The Balaban J connectivity index is 1.57. The first kappa shape index (κ1) is 25.4. The van der Waals surface area contributed by atoms with E-state index in [1.54, 1.807) is 0 Å². The number of carbonyl (C=O) groups excluding carboxylic acids is 1. The lowest BCUT2D eigenvalue weighted by molar-refractivity contribution is -0.137. The van der Waals surface area contributed by atoms with E-state index in [9.17, 15) is 31.9 Å². The zero-order valence-corrected chi connectivity index (χ0v) is 19.3. The molecule has 4 rings (SSSR count). The number of rotatable bonds is 7. The fraction of sp³-hybridized carbons (Fsp3) is 0.217. The molecule has 0 aliphatic rings. The summed E-state index contributed by atoms with van der Waals surface area (Å²) in [6, 6.07) is 5.89. The molecular formula is C23H18F5N5O2S. The van der Waals surface area contributed by atoms with Gasteiger partial charge in [0.2, 0.25) is 0 Å². The highest BCUT2D eigenvalue weighted by atomic mass is 32.1. The van der Waals surface area contributed by atoms with E-state index >= 15 is 0 Å². The van der Waals surface area contributed by atoms with Crippen molar-refractivity contribution in [3.63, 3.8) is 0 Å². The van der Waals surface area contributed by atoms with Crippen LogP contribution in [0.25, 0.3) is 10.6 Å². The topological polar surface area (TPSA) is 92.9 Å². The summed E-state index contributed by atoms with van der Waals surface area (Å²) in [5, 5.41) is 19.7. The normalized spacial score (nSPS) is 14.3. The van der Waals surface area contributed by atoms with Gasteiger partial charge in [-0.1, -0.05) is 18.2 Å². The molecule has 0 saturated carbocycles. The van der Waals surface area contributed by atoms with E-state index in [0.717, 1.165) is 35.6 Å². The number of amides is 1. The zero-order chi connectivity index (χ0) is 26.1. The highest BCUT2D eigenvalue weighted by Crippen LogP contribution is 2.33. The second kappa shape index (κ2) is 9.74. The minimum atomic E-state index is -4.48. The average Bonchev–Trinajstić information content (AvgIpc) is 3.51. The third kappa shape index (κ3) is 5.26. The number of aromatic nitrogens is 4. The molecule has 2 N–H and O–H groups in total. The van der Waals surface area contributed by atoms with Gasteiger partial charge in [-0.15, -0.1) is 11.3 Å². The van der Waals surface area contributed by atoms with Crippen LogP contribution >= 0.6 is 11.3 Å². The van der Waals surface area contributed by atoms with Crippen LogP contribution in [-0.4, -0.2) is 36.8 Å². The Morgan fingerprint density at radius 2 is 1.89 bits per heavy atom. The van der Waals surface area contributed by atoms with Crippen LogP contribution in [0.4, 0.5) is 22.0 Å². The first-order chi connectivity index (χ1) is 17.0. The van der Waals surface area contributed by atoms with Gasteiger partial charge >= 0.3 is 6.18 Å². The summed E-state index contributed by atoms with van der Waals surface area (Å²) in [5.41, 5.74) is -2.81. The SMILES string of the molecule is C[C@@H](NC(=O)c1csc(-c2ccc(C(F)(F)F)cc2)n1)[C@](O)(Cn1cncn1)c1ccc(F)cc1F. The van der Waals surface area contributed by atoms with Gasteiger partial charge in [0.05, 0.1) is 18.2 Å². The fourth-order valence-electron chi connectivity index (χ4n) is 3.56. The molecule has 0 bridgehead atoms. The summed E-state index contributed by atoms with van der Waals surface area (Å²) in [4.78, 5) is 20.9. The van der Waals surface area contributed by atoms with Crippen LogP contribution in [0.2, 0.25) is 0 Å². The number of benzene rings is 2. The number of thiazole rings is 1. The molecule has 4 aromatic rings. The highest BCUT2D eigenvalue weighted by molar-refractivity contribution is 7.13. The number of hydrogen-bond donors (Lipinski definition) is 2. The third-order valence-electron chi connectivity index (χ3n) is 5.53. The smallest absolute Gasteiger partial charge is 0.381 e. The predicted octanol–water partition coefficient (Wildman–Crippen LogP) is 4.40. The molecule has 0 radical (unpaired) electrons. The summed E-state index contributed by atoms with van der Waals surface area (Å²) < 4.78 is 67.8. The van der Waals surface area contributed by atoms with Crippen LogP contribution in [0, 0.1) is 11.6 Å². The maximum atomic E-state index is 14.6. The Bertz CT molecular complexity index is 1360. The van der Waals surface area contributed by atoms with Crippen molar-refractivity contribution in [2.45, 2.75) is 31.3 Å². The van der Waals surface area contributed by atoms with Crippen molar-refractivity contribution in [3.8, 4) is 10.6 Å². The van der Waals surface area contributed by atoms with Gasteiger partial charge < -0.3 is 10.4 Å². The Labute approximate surface area is 205 Å². The number of carbonyl (C=O) groups is 1. The molecule has 2 aromatic heterocycles. The van der Waals surface area contributed by atoms with Crippen LogP contribution < -0.4 is 5.32 Å². The van der Waals surface area contributed by atoms with E-state index in [-0.39, 0.29) is 17.8 Å². The quantitative estimate of drug-likeness (QED) is 0.350. The number of aliphatic hydroxyl groups is 1. The van der Waals surface area contributed by atoms with Gasteiger partial charge in [-0.2, -0.15) is 18.3 Å². The monoisotopic (exact) mass is 523 g/mol. The molecule has 7 nitrogen and oxygen atoms in total. The highest BCUT2D eigenvalue weighted by Gasteiger charge is 2.40. The van der Waals surface area contributed by atoms with Gasteiger partial charge in [-0.3, -0.25) is 4.79 Å². The number of halogens is 5. The van der Waals surface area contributed by atoms with Gasteiger partial charge in [0.25, 0.3) is 5.91 Å². The minimum Gasteiger partial charge on any atom is -0.381 e. The molecule has 188 valence electrons. The second-order valence-corrected chi connectivity index (χ2v) is 8.81. The predicted molar refractivity (Wildman–Crippen MR) is 120 cm³/mol. The lowest BCUT2D eigenvalue weighted by atomic mass is 9.86. The standard InChI is InChI=1S/C23H18F5N5O2S/c1-13(22(35,10-33-12-29-11-30-33)17-7-6-16(24)8-18(17)25)31-20(34)19-9-36-21(32-19)14-2-4-15(5-3-14)23(26,27)28/h2-9,11-13,35H,10H2,1H3,(H,31,34)/t13-,22-/m1/s1. The van der Waals surface area contributed by atoms with E-state index in [0.29, 0.717) is 16.6 Å². The summed E-state index contributed by atoms with van der Waals surface area (Å²) in [6.45, 7) is 1.12. The molecule has 2 aromatic carbocycles. The molecule has 1 amide bonds. The molecule has 2 atom stereocenters. The first-order valence-corrected chi connectivity index (χ1v) is 11.3. The molecule has 0 aliphatic heterocycles. The molecule has 0 fully saturated rings. The maximum absolute atomic E-state index is 14.6. The van der Waals surface area contributed by atoms with Crippen molar-refractivity contribution in [1.82, 2.24) is 25.1 Å². The van der Waals surface area contributed by atoms with Crippen molar-refractivity contribution < 1.29 is 31.9 Å². The molecule has 36 heavy (non-hydrogen) atoms. The third-order valence-corrected chi connectivity index (χ3v) is 6.42. The summed E-state index contributed by atoms with van der Waals surface area (Å²) in [7, 11) is 0. The largest absolute Gasteiger partial charge is 0.416 e. The van der Waals surface area contributed by atoms with Crippen LogP contribution in [0.5, 0.6) is 0 Å². The zero-order valence-electron chi connectivity index (χ0n) is 18.5. The molecule has 0 aliphatic carbocycles. The van der Waals surface area contributed by atoms with Crippen LogP contribution in [0.3, 0.4) is 0 Å². The second-order valence-electron chi connectivity index (χ2n) is 7.95. The van der Waals surface area contributed by atoms with Gasteiger partial charge in [-0.25, -0.2) is 23.4 Å². The van der Waals surface area contributed by atoms with Crippen molar-refractivity contribution in [1.29, 1.82) is 0 Å². The molecule has 2 heterocycles. The fourth-order valence-corrected chi connectivity index (χ4v) is 4.37. The first-order valence-electron chi connectivity index (χ1n) is 10.4. The minimum absolute atomic E-state index is 0.0515. The lowest BCUT2D eigenvalue weighted by Crippen LogP contribution is -2.52. The summed E-state index contributed by atoms with van der Waals surface area (Å²) >= 11 is 1.04. The van der Waals surface area contributed by atoms with Crippen molar-refractivity contribution in [2.75, 3.05) is 0 Å². The average molecular weight is 523 g/mol. The number of hydrogen-bond acceptors (Lipinski definition) is 6. The van der Waals surface area contributed by atoms with Crippen molar-refractivity contribution in [3.05, 3.63) is 89.0 Å². The van der Waals surface area contributed by atoms with Crippen LogP contribution in [-0.2, 0) is 18.3 Å². The lowest BCUT2D eigenvalue weighted by Gasteiger charge is -2.35. The summed E-state index contributed by atoms with van der Waals surface area (Å²) in [6.07, 6.45) is -1.98. The van der Waals surface area contributed by atoms with E-state index < -0.39 is 40.9 Å².